The lowest BCUT2D eigenvalue weighted by molar-refractivity contribution is -0.121. The van der Waals surface area contributed by atoms with Crippen molar-refractivity contribution in [1.29, 1.82) is 0 Å². The Kier molecular flexibility index (Phi) is 2.94. The summed E-state index contributed by atoms with van der Waals surface area (Å²) in [6.45, 7) is 0.820. The van der Waals surface area contributed by atoms with Gasteiger partial charge in [-0.05, 0) is 55.2 Å². The van der Waals surface area contributed by atoms with Crippen molar-refractivity contribution >= 4 is 5.91 Å². The molecule has 3 heteroatoms. The van der Waals surface area contributed by atoms with Crippen LogP contribution in [0.2, 0.25) is 0 Å². The Labute approximate surface area is 119 Å². The van der Waals surface area contributed by atoms with Crippen LogP contribution in [0, 0.1) is 0 Å². The lowest BCUT2D eigenvalue weighted by Crippen LogP contribution is -2.25. The van der Waals surface area contributed by atoms with Gasteiger partial charge in [0.25, 0.3) is 0 Å². The van der Waals surface area contributed by atoms with Gasteiger partial charge in [-0.3, -0.25) is 4.79 Å². The van der Waals surface area contributed by atoms with Gasteiger partial charge in [0, 0.05) is 24.4 Å². The zero-order valence-electron chi connectivity index (χ0n) is 11.8. The fraction of sp³-hybridized carbons (Fsp3) is 0.588. The summed E-state index contributed by atoms with van der Waals surface area (Å²) >= 11 is 0. The van der Waals surface area contributed by atoms with Gasteiger partial charge >= 0.3 is 0 Å². The summed E-state index contributed by atoms with van der Waals surface area (Å²) < 4.78 is 5.68. The molecule has 1 fully saturated rings. The van der Waals surface area contributed by atoms with Crippen LogP contribution < -0.4 is 10.1 Å². The lowest BCUT2D eigenvalue weighted by Gasteiger charge is -2.14. The molecular formula is C17H21NO2. The molecule has 1 atom stereocenters. The molecule has 1 N–H and O–H groups in total. The van der Waals surface area contributed by atoms with Crippen LogP contribution in [0.25, 0.3) is 0 Å². The van der Waals surface area contributed by atoms with E-state index in [1.165, 1.54) is 36.0 Å². The third kappa shape index (κ3) is 2.19. The Bertz CT molecular complexity index is 548. The van der Waals surface area contributed by atoms with Crippen LogP contribution in [0.15, 0.2) is 12.1 Å². The zero-order valence-corrected chi connectivity index (χ0v) is 11.8. The minimum Gasteiger partial charge on any atom is -0.493 e. The average molecular weight is 271 g/mol. The Morgan fingerprint density at radius 1 is 1.25 bits per heavy atom. The molecule has 1 unspecified atom stereocenters. The van der Waals surface area contributed by atoms with E-state index in [0.29, 0.717) is 18.4 Å². The van der Waals surface area contributed by atoms with E-state index in [2.05, 4.69) is 17.4 Å². The molecular weight excluding hydrogens is 250 g/mol. The van der Waals surface area contributed by atoms with Gasteiger partial charge in [0.05, 0.1) is 6.61 Å². The highest BCUT2D eigenvalue weighted by Gasteiger charge is 2.30. The van der Waals surface area contributed by atoms with E-state index in [4.69, 9.17) is 4.74 Å². The monoisotopic (exact) mass is 271 g/mol. The summed E-state index contributed by atoms with van der Waals surface area (Å²) in [7, 11) is 0. The van der Waals surface area contributed by atoms with Gasteiger partial charge in [-0.2, -0.15) is 0 Å². The topological polar surface area (TPSA) is 38.3 Å². The molecule has 0 bridgehead atoms. The van der Waals surface area contributed by atoms with Crippen molar-refractivity contribution in [3.05, 3.63) is 28.8 Å². The van der Waals surface area contributed by atoms with Gasteiger partial charge in [0.2, 0.25) is 5.91 Å². The smallest absolute Gasteiger partial charge is 0.220 e. The molecule has 0 aromatic heterocycles. The summed E-state index contributed by atoms with van der Waals surface area (Å²) in [5, 5.41) is 3.09. The summed E-state index contributed by atoms with van der Waals surface area (Å²) in [5.74, 6) is 1.88. The first-order valence-electron chi connectivity index (χ1n) is 7.88. The highest BCUT2D eigenvalue weighted by molar-refractivity contribution is 5.76. The average Bonchev–Trinajstić information content (AvgIpc) is 2.99. The van der Waals surface area contributed by atoms with Gasteiger partial charge in [-0.25, -0.2) is 0 Å². The second kappa shape index (κ2) is 4.80. The maximum Gasteiger partial charge on any atom is 0.220 e. The summed E-state index contributed by atoms with van der Waals surface area (Å²) in [6, 6.07) is 4.84. The molecule has 1 amide bonds. The quantitative estimate of drug-likeness (QED) is 0.914. The lowest BCUT2D eigenvalue weighted by atomic mass is 9.91. The Balaban J connectivity index is 1.46. The van der Waals surface area contributed by atoms with Crippen LogP contribution in [-0.4, -0.2) is 18.6 Å². The molecule has 2 aliphatic carbocycles. The molecule has 20 heavy (non-hydrogen) atoms. The molecule has 1 aromatic carbocycles. The van der Waals surface area contributed by atoms with E-state index >= 15 is 0 Å². The number of amides is 1. The molecule has 0 spiro atoms. The van der Waals surface area contributed by atoms with Crippen LogP contribution >= 0.6 is 0 Å². The van der Waals surface area contributed by atoms with Crippen molar-refractivity contribution < 1.29 is 9.53 Å². The van der Waals surface area contributed by atoms with Crippen LogP contribution in [0.5, 0.6) is 5.75 Å². The van der Waals surface area contributed by atoms with E-state index in [0.717, 1.165) is 31.6 Å². The number of hydrogen-bond acceptors (Lipinski definition) is 2. The fourth-order valence-corrected chi connectivity index (χ4v) is 3.67. The highest BCUT2D eigenvalue weighted by atomic mass is 16.5. The molecule has 4 rings (SSSR count). The molecule has 0 radical (unpaired) electrons. The van der Waals surface area contributed by atoms with Crippen molar-refractivity contribution in [2.45, 2.75) is 56.9 Å². The van der Waals surface area contributed by atoms with Gasteiger partial charge in [0.1, 0.15) is 5.75 Å². The number of hydrogen-bond donors (Lipinski definition) is 1. The van der Waals surface area contributed by atoms with Crippen LogP contribution in [0.3, 0.4) is 0 Å². The van der Waals surface area contributed by atoms with Crippen molar-refractivity contribution in [3.63, 3.8) is 0 Å². The number of nitrogens with one attached hydrogen (secondary N) is 1. The summed E-state index contributed by atoms with van der Waals surface area (Å²) in [5.41, 5.74) is 4.42. The summed E-state index contributed by atoms with van der Waals surface area (Å²) in [6.07, 6.45) is 7.40. The van der Waals surface area contributed by atoms with E-state index in [1.54, 1.807) is 0 Å². The van der Waals surface area contributed by atoms with Crippen LogP contribution in [0.1, 0.15) is 54.7 Å². The number of carbonyl (C=O) groups excluding carboxylic acids is 1. The van der Waals surface area contributed by atoms with Crippen molar-refractivity contribution in [3.8, 4) is 5.75 Å². The number of fused-ring (bicyclic) bond motifs is 3. The number of aryl methyl sites for hydroxylation is 1. The second-order valence-electron chi connectivity index (χ2n) is 6.33. The van der Waals surface area contributed by atoms with Crippen molar-refractivity contribution in [2.24, 2.45) is 0 Å². The normalized spacial score (nSPS) is 23.1. The number of rotatable bonds is 4. The van der Waals surface area contributed by atoms with E-state index < -0.39 is 0 Å². The minimum atomic E-state index is 0.241. The minimum absolute atomic E-state index is 0.241. The van der Waals surface area contributed by atoms with Crippen molar-refractivity contribution in [1.82, 2.24) is 5.32 Å². The Hall–Kier alpha value is -1.51. The maximum absolute atomic E-state index is 11.9. The molecule has 106 valence electrons. The molecule has 0 saturated heterocycles. The summed E-state index contributed by atoms with van der Waals surface area (Å²) in [4.78, 5) is 11.9. The van der Waals surface area contributed by atoms with Crippen LogP contribution in [0.4, 0.5) is 0 Å². The number of ether oxygens (including phenoxy) is 1. The first kappa shape index (κ1) is 12.2. The molecule has 3 nitrogen and oxygen atoms in total. The third-order valence-corrected chi connectivity index (χ3v) is 4.85. The van der Waals surface area contributed by atoms with E-state index in [1.807, 2.05) is 0 Å². The first-order chi connectivity index (χ1) is 9.81. The predicted octanol–water partition coefficient (Wildman–Crippen LogP) is 2.71. The van der Waals surface area contributed by atoms with Gasteiger partial charge in [0.15, 0.2) is 0 Å². The fourth-order valence-electron chi connectivity index (χ4n) is 3.67. The van der Waals surface area contributed by atoms with Crippen LogP contribution in [-0.2, 0) is 17.6 Å². The molecule has 1 aromatic rings. The van der Waals surface area contributed by atoms with E-state index in [9.17, 15) is 4.79 Å². The number of benzene rings is 1. The van der Waals surface area contributed by atoms with Gasteiger partial charge < -0.3 is 10.1 Å². The highest BCUT2D eigenvalue weighted by Crippen LogP contribution is 2.43. The van der Waals surface area contributed by atoms with E-state index in [-0.39, 0.29) is 5.91 Å². The molecule has 3 aliphatic rings. The largest absolute Gasteiger partial charge is 0.493 e. The molecule has 1 saturated carbocycles. The molecule has 1 heterocycles. The maximum atomic E-state index is 11.9. The Morgan fingerprint density at radius 3 is 3.00 bits per heavy atom. The zero-order chi connectivity index (χ0) is 13.5. The third-order valence-electron chi connectivity index (χ3n) is 4.85. The Morgan fingerprint density at radius 2 is 2.15 bits per heavy atom. The SMILES string of the molecule is O=C(CCC1CCc2ccc3c(c21)CCO3)NC1CC1. The number of carbonyl (C=O) groups is 1. The predicted molar refractivity (Wildman–Crippen MR) is 77.1 cm³/mol. The molecule has 1 aliphatic heterocycles. The van der Waals surface area contributed by atoms with Gasteiger partial charge in [-0.15, -0.1) is 0 Å². The van der Waals surface area contributed by atoms with Gasteiger partial charge in [-0.1, -0.05) is 6.07 Å². The standard InChI is InChI=1S/C17H21NO2/c19-16(18-13-5-6-13)8-4-12-2-1-11-3-7-15-14(17(11)12)9-10-20-15/h3,7,12-13H,1-2,4-6,8-10H2,(H,18,19). The van der Waals surface area contributed by atoms with Crippen molar-refractivity contribution in [2.75, 3.05) is 6.61 Å². The second-order valence-corrected chi connectivity index (χ2v) is 6.33. The first-order valence-corrected chi connectivity index (χ1v) is 7.88.